The number of nitrogen functional groups attached to an aromatic ring is 1. The van der Waals surface area contributed by atoms with Crippen molar-refractivity contribution in [3.05, 3.63) is 57.6 Å². The lowest BCUT2D eigenvalue weighted by Crippen LogP contribution is -2.18. The van der Waals surface area contributed by atoms with Crippen molar-refractivity contribution in [2.45, 2.75) is 20.4 Å². The number of benzene rings is 2. The van der Waals surface area contributed by atoms with Crippen molar-refractivity contribution in [3.63, 3.8) is 0 Å². The predicted octanol–water partition coefficient (Wildman–Crippen LogP) is 4.28. The molecule has 0 saturated carbocycles. The van der Waals surface area contributed by atoms with E-state index in [1.165, 1.54) is 16.8 Å². The van der Waals surface area contributed by atoms with Gasteiger partial charge in [-0.05, 0) is 49.2 Å². The summed E-state index contributed by atoms with van der Waals surface area (Å²) in [5.41, 5.74) is 11.8. The van der Waals surface area contributed by atoms with E-state index in [-0.39, 0.29) is 0 Å². The highest BCUT2D eigenvalue weighted by Gasteiger charge is 2.09. The van der Waals surface area contributed by atoms with Crippen LogP contribution >= 0.6 is 15.9 Å². The molecule has 0 atom stereocenters. The second kappa shape index (κ2) is 5.66. The molecule has 2 rings (SSSR count). The van der Waals surface area contributed by atoms with Gasteiger partial charge in [0.05, 0.1) is 0 Å². The molecule has 2 aromatic rings. The van der Waals surface area contributed by atoms with Gasteiger partial charge in [-0.3, -0.25) is 0 Å². The smallest absolute Gasteiger partial charge is 0.0457 e. The number of hydrogen-bond acceptors (Lipinski definition) is 2. The van der Waals surface area contributed by atoms with Crippen LogP contribution in [0.5, 0.6) is 0 Å². The van der Waals surface area contributed by atoms with Gasteiger partial charge >= 0.3 is 0 Å². The van der Waals surface area contributed by atoms with Crippen LogP contribution < -0.4 is 10.6 Å². The van der Waals surface area contributed by atoms with E-state index in [0.717, 1.165) is 22.3 Å². The van der Waals surface area contributed by atoms with Crippen LogP contribution in [0.2, 0.25) is 0 Å². The Balaban J connectivity index is 2.28. The Morgan fingerprint density at radius 3 is 2.32 bits per heavy atom. The number of anilines is 2. The average Bonchev–Trinajstić information content (AvgIpc) is 2.32. The molecule has 0 aliphatic heterocycles. The highest BCUT2D eigenvalue weighted by Crippen LogP contribution is 2.26. The van der Waals surface area contributed by atoms with Gasteiger partial charge in [0.15, 0.2) is 0 Å². The van der Waals surface area contributed by atoms with Crippen molar-refractivity contribution in [2.75, 3.05) is 17.7 Å². The van der Waals surface area contributed by atoms with E-state index in [1.807, 2.05) is 18.2 Å². The topological polar surface area (TPSA) is 29.3 Å². The highest BCUT2D eigenvalue weighted by atomic mass is 79.9. The van der Waals surface area contributed by atoms with Crippen molar-refractivity contribution < 1.29 is 0 Å². The fourth-order valence-electron chi connectivity index (χ4n) is 2.24. The van der Waals surface area contributed by atoms with Gasteiger partial charge in [-0.15, -0.1) is 0 Å². The summed E-state index contributed by atoms with van der Waals surface area (Å²) in [6, 6.07) is 12.5. The van der Waals surface area contributed by atoms with E-state index in [9.17, 15) is 0 Å². The summed E-state index contributed by atoms with van der Waals surface area (Å²) < 4.78 is 1.06. The molecule has 0 spiro atoms. The summed E-state index contributed by atoms with van der Waals surface area (Å²) in [5, 5.41) is 0. The maximum Gasteiger partial charge on any atom is 0.0457 e. The predicted molar refractivity (Wildman–Crippen MR) is 86.6 cm³/mol. The molecule has 3 heteroatoms. The Labute approximate surface area is 123 Å². The Morgan fingerprint density at radius 2 is 1.74 bits per heavy atom. The van der Waals surface area contributed by atoms with Crippen molar-refractivity contribution in [1.82, 2.24) is 0 Å². The van der Waals surface area contributed by atoms with Crippen LogP contribution in [0.3, 0.4) is 0 Å². The maximum absolute atomic E-state index is 6.05. The minimum Gasteiger partial charge on any atom is -0.398 e. The molecular weight excluding hydrogens is 300 g/mol. The lowest BCUT2D eigenvalue weighted by atomic mass is 10.1. The van der Waals surface area contributed by atoms with Crippen LogP contribution in [-0.2, 0) is 6.54 Å². The molecule has 19 heavy (non-hydrogen) atoms. The summed E-state index contributed by atoms with van der Waals surface area (Å²) in [6.07, 6.45) is 0. The van der Waals surface area contributed by atoms with Crippen LogP contribution in [0.1, 0.15) is 16.7 Å². The standard InChI is InChI=1S/C16H19BrN2/c1-11-7-12(2)9-13(8-11)19(3)10-14-15(17)5-4-6-16(14)18/h4-9H,10,18H2,1-3H3. The second-order valence-electron chi connectivity index (χ2n) is 5.01. The number of nitrogens with zero attached hydrogens (tertiary/aromatic N) is 1. The monoisotopic (exact) mass is 318 g/mol. The molecule has 0 radical (unpaired) electrons. The van der Waals surface area contributed by atoms with E-state index in [0.29, 0.717) is 0 Å². The lowest BCUT2D eigenvalue weighted by Gasteiger charge is -2.22. The second-order valence-corrected chi connectivity index (χ2v) is 5.86. The van der Waals surface area contributed by atoms with Gasteiger partial charge in [-0.1, -0.05) is 28.1 Å². The summed E-state index contributed by atoms with van der Waals surface area (Å²) in [5.74, 6) is 0. The maximum atomic E-state index is 6.05. The van der Waals surface area contributed by atoms with Crippen molar-refractivity contribution >= 4 is 27.3 Å². The quantitative estimate of drug-likeness (QED) is 0.856. The van der Waals surface area contributed by atoms with Gasteiger partial charge in [-0.25, -0.2) is 0 Å². The molecule has 100 valence electrons. The summed E-state index contributed by atoms with van der Waals surface area (Å²) in [4.78, 5) is 2.22. The van der Waals surface area contributed by atoms with Gasteiger partial charge in [0.1, 0.15) is 0 Å². The molecule has 0 unspecified atom stereocenters. The van der Waals surface area contributed by atoms with E-state index in [1.54, 1.807) is 0 Å². The minimum absolute atomic E-state index is 0.788. The molecule has 2 aromatic carbocycles. The third-order valence-electron chi connectivity index (χ3n) is 3.20. The Kier molecular flexibility index (Phi) is 4.15. The van der Waals surface area contributed by atoms with Gasteiger partial charge in [0, 0.05) is 35.0 Å². The molecule has 0 saturated heterocycles. The molecule has 0 heterocycles. The third-order valence-corrected chi connectivity index (χ3v) is 3.94. The Morgan fingerprint density at radius 1 is 1.11 bits per heavy atom. The van der Waals surface area contributed by atoms with E-state index in [2.05, 4.69) is 59.9 Å². The molecule has 0 fully saturated rings. The minimum atomic E-state index is 0.788. The first-order chi connectivity index (χ1) is 8.97. The zero-order valence-corrected chi connectivity index (χ0v) is 13.2. The van der Waals surface area contributed by atoms with Crippen molar-refractivity contribution in [3.8, 4) is 0 Å². The fourth-order valence-corrected chi connectivity index (χ4v) is 2.75. The number of nitrogens with two attached hydrogens (primary N) is 1. The molecule has 0 aliphatic rings. The molecule has 2 N–H and O–H groups in total. The van der Waals surface area contributed by atoms with Crippen LogP contribution in [0.4, 0.5) is 11.4 Å². The van der Waals surface area contributed by atoms with Crippen LogP contribution in [0.25, 0.3) is 0 Å². The van der Waals surface area contributed by atoms with E-state index >= 15 is 0 Å². The molecule has 0 aromatic heterocycles. The van der Waals surface area contributed by atoms with Crippen LogP contribution in [0.15, 0.2) is 40.9 Å². The van der Waals surface area contributed by atoms with Gasteiger partial charge in [0.25, 0.3) is 0 Å². The van der Waals surface area contributed by atoms with Gasteiger partial charge in [-0.2, -0.15) is 0 Å². The largest absolute Gasteiger partial charge is 0.398 e. The number of rotatable bonds is 3. The van der Waals surface area contributed by atoms with E-state index < -0.39 is 0 Å². The SMILES string of the molecule is Cc1cc(C)cc(N(C)Cc2c(N)cccc2Br)c1. The summed E-state index contributed by atoms with van der Waals surface area (Å²) in [6.45, 7) is 5.03. The van der Waals surface area contributed by atoms with E-state index in [4.69, 9.17) is 5.73 Å². The summed E-state index contributed by atoms with van der Waals surface area (Å²) in [7, 11) is 2.09. The number of halogens is 1. The summed E-state index contributed by atoms with van der Waals surface area (Å²) >= 11 is 3.57. The van der Waals surface area contributed by atoms with Gasteiger partial charge < -0.3 is 10.6 Å². The number of hydrogen-bond donors (Lipinski definition) is 1. The average molecular weight is 319 g/mol. The first-order valence-corrected chi connectivity index (χ1v) is 7.09. The zero-order valence-electron chi connectivity index (χ0n) is 11.6. The third kappa shape index (κ3) is 3.29. The van der Waals surface area contributed by atoms with Crippen molar-refractivity contribution in [2.24, 2.45) is 0 Å². The molecule has 0 amide bonds. The Hall–Kier alpha value is -1.48. The molecule has 2 nitrogen and oxygen atoms in total. The highest BCUT2D eigenvalue weighted by molar-refractivity contribution is 9.10. The first-order valence-electron chi connectivity index (χ1n) is 6.29. The van der Waals surface area contributed by atoms with Crippen molar-refractivity contribution in [1.29, 1.82) is 0 Å². The molecule has 0 aliphatic carbocycles. The van der Waals surface area contributed by atoms with Crippen LogP contribution in [0, 0.1) is 13.8 Å². The fraction of sp³-hybridized carbons (Fsp3) is 0.250. The Bertz CT molecular complexity index is 553. The number of aryl methyl sites for hydroxylation is 2. The van der Waals surface area contributed by atoms with Crippen LogP contribution in [-0.4, -0.2) is 7.05 Å². The molecular formula is C16H19BrN2. The molecule has 0 bridgehead atoms. The van der Waals surface area contributed by atoms with Gasteiger partial charge in [0.2, 0.25) is 0 Å². The lowest BCUT2D eigenvalue weighted by molar-refractivity contribution is 0.919. The zero-order chi connectivity index (χ0) is 14.0. The first kappa shape index (κ1) is 13.9. The normalized spacial score (nSPS) is 10.5.